The molecular formula is C12H12O2. The Morgan fingerprint density at radius 1 is 1.29 bits per heavy atom. The van der Waals surface area contributed by atoms with Gasteiger partial charge in [-0.2, -0.15) is 0 Å². The van der Waals surface area contributed by atoms with E-state index in [1.54, 1.807) is 0 Å². The lowest BCUT2D eigenvalue weighted by molar-refractivity contribution is -0.139. The van der Waals surface area contributed by atoms with Gasteiger partial charge in [-0.25, -0.2) is 0 Å². The van der Waals surface area contributed by atoms with Crippen molar-refractivity contribution in [2.75, 3.05) is 0 Å². The molecule has 1 aromatic carbocycles. The molecule has 14 heavy (non-hydrogen) atoms. The summed E-state index contributed by atoms with van der Waals surface area (Å²) in [6.07, 6.45) is 5.26. The zero-order valence-electron chi connectivity index (χ0n) is 7.85. The largest absolute Gasteiger partial charge is 0.458 e. The second kappa shape index (κ2) is 4.09. The van der Waals surface area contributed by atoms with E-state index in [9.17, 15) is 4.79 Å². The maximum absolute atomic E-state index is 10.8. The second-order valence-corrected chi connectivity index (χ2v) is 3.34. The molecule has 72 valence electrons. The van der Waals surface area contributed by atoms with Crippen molar-refractivity contribution in [2.24, 2.45) is 0 Å². The summed E-state index contributed by atoms with van der Waals surface area (Å²) in [7, 11) is 0. The fourth-order valence-corrected chi connectivity index (χ4v) is 1.46. The van der Waals surface area contributed by atoms with Gasteiger partial charge in [0.05, 0.1) is 0 Å². The van der Waals surface area contributed by atoms with Crippen molar-refractivity contribution in [3.05, 3.63) is 42.0 Å². The normalized spacial score (nSPS) is 21.4. The van der Waals surface area contributed by atoms with Crippen molar-refractivity contribution >= 4 is 12.0 Å². The van der Waals surface area contributed by atoms with E-state index in [4.69, 9.17) is 4.74 Å². The van der Waals surface area contributed by atoms with Crippen molar-refractivity contribution < 1.29 is 9.53 Å². The van der Waals surface area contributed by atoms with E-state index >= 15 is 0 Å². The van der Waals surface area contributed by atoms with E-state index in [1.165, 1.54) is 0 Å². The minimum Gasteiger partial charge on any atom is -0.458 e. The molecule has 1 aliphatic heterocycles. The Morgan fingerprint density at radius 2 is 2.07 bits per heavy atom. The van der Waals surface area contributed by atoms with Crippen molar-refractivity contribution in [3.8, 4) is 0 Å². The second-order valence-electron chi connectivity index (χ2n) is 3.34. The fraction of sp³-hybridized carbons (Fsp3) is 0.250. The smallest absolute Gasteiger partial charge is 0.306 e. The summed E-state index contributed by atoms with van der Waals surface area (Å²) in [5.41, 5.74) is 1.13. The number of ether oxygens (including phenoxy) is 1. The summed E-state index contributed by atoms with van der Waals surface area (Å²) >= 11 is 0. The van der Waals surface area contributed by atoms with Gasteiger partial charge in [0.15, 0.2) is 0 Å². The Bertz CT molecular complexity index is 341. The molecule has 0 aromatic heterocycles. The number of hydrogen-bond donors (Lipinski definition) is 0. The highest BCUT2D eigenvalue weighted by Gasteiger charge is 2.20. The molecule has 0 saturated carbocycles. The average Bonchev–Trinajstić information content (AvgIpc) is 2.63. The molecule has 1 aromatic rings. The van der Waals surface area contributed by atoms with E-state index < -0.39 is 0 Å². The Hall–Kier alpha value is -1.57. The molecular weight excluding hydrogens is 176 g/mol. The van der Waals surface area contributed by atoms with Crippen molar-refractivity contribution in [1.82, 2.24) is 0 Å². The maximum Gasteiger partial charge on any atom is 0.306 e. The van der Waals surface area contributed by atoms with Crippen molar-refractivity contribution in [2.45, 2.75) is 18.9 Å². The molecule has 1 aliphatic rings. The summed E-state index contributed by atoms with van der Waals surface area (Å²) in [4.78, 5) is 10.8. The van der Waals surface area contributed by atoms with Gasteiger partial charge in [0, 0.05) is 6.42 Å². The number of esters is 1. The first-order valence-corrected chi connectivity index (χ1v) is 4.77. The van der Waals surface area contributed by atoms with Crippen LogP contribution in [0.1, 0.15) is 18.4 Å². The van der Waals surface area contributed by atoms with Crippen LogP contribution in [0.5, 0.6) is 0 Å². The highest BCUT2D eigenvalue weighted by molar-refractivity contribution is 5.72. The Labute approximate surface area is 83.2 Å². The van der Waals surface area contributed by atoms with Crippen LogP contribution in [0.15, 0.2) is 36.4 Å². The van der Waals surface area contributed by atoms with E-state index in [-0.39, 0.29) is 12.1 Å². The fourth-order valence-electron chi connectivity index (χ4n) is 1.46. The first kappa shape index (κ1) is 9.00. The molecule has 0 bridgehead atoms. The van der Waals surface area contributed by atoms with Crippen LogP contribution in [0.3, 0.4) is 0 Å². The van der Waals surface area contributed by atoms with Crippen LogP contribution in [0.25, 0.3) is 6.08 Å². The molecule has 1 atom stereocenters. The number of carbonyl (C=O) groups excluding carboxylic acids is 1. The number of carbonyl (C=O) groups is 1. The van der Waals surface area contributed by atoms with E-state index in [1.807, 2.05) is 42.5 Å². The van der Waals surface area contributed by atoms with Gasteiger partial charge >= 0.3 is 5.97 Å². The van der Waals surface area contributed by atoms with Crippen LogP contribution in [-0.4, -0.2) is 12.1 Å². The predicted octanol–water partition coefficient (Wildman–Crippen LogP) is 2.41. The Balaban J connectivity index is 1.97. The van der Waals surface area contributed by atoms with E-state index in [0.29, 0.717) is 6.42 Å². The number of cyclic esters (lactones) is 1. The van der Waals surface area contributed by atoms with Gasteiger partial charge < -0.3 is 4.74 Å². The molecule has 0 N–H and O–H groups in total. The molecule has 0 aliphatic carbocycles. The van der Waals surface area contributed by atoms with Crippen LogP contribution < -0.4 is 0 Å². The Morgan fingerprint density at radius 3 is 2.71 bits per heavy atom. The van der Waals surface area contributed by atoms with E-state index in [2.05, 4.69) is 0 Å². The standard InChI is InChI=1S/C12H12O2/c13-12-9-8-11(14-12)7-6-10-4-2-1-3-5-10/h1-7,11H,8-9H2/b7-6+. The molecule has 1 saturated heterocycles. The number of benzene rings is 1. The lowest BCUT2D eigenvalue weighted by atomic mass is 10.1. The lowest BCUT2D eigenvalue weighted by Crippen LogP contribution is -2.01. The number of hydrogen-bond acceptors (Lipinski definition) is 2. The summed E-state index contributed by atoms with van der Waals surface area (Å²) in [6.45, 7) is 0. The minimum atomic E-state index is -0.0901. The molecule has 0 spiro atoms. The topological polar surface area (TPSA) is 26.3 Å². The predicted molar refractivity (Wildman–Crippen MR) is 54.6 cm³/mol. The van der Waals surface area contributed by atoms with Crippen LogP contribution in [0.4, 0.5) is 0 Å². The first-order chi connectivity index (χ1) is 6.84. The molecule has 1 unspecified atom stereocenters. The van der Waals surface area contributed by atoms with Crippen LogP contribution in [0, 0.1) is 0 Å². The zero-order chi connectivity index (χ0) is 9.80. The van der Waals surface area contributed by atoms with Gasteiger partial charge in [-0.15, -0.1) is 0 Å². The highest BCUT2D eigenvalue weighted by atomic mass is 16.5. The molecule has 2 rings (SSSR count). The molecule has 0 amide bonds. The monoisotopic (exact) mass is 188 g/mol. The third-order valence-electron chi connectivity index (χ3n) is 2.22. The molecule has 1 fully saturated rings. The summed E-state index contributed by atoms with van der Waals surface area (Å²) in [6, 6.07) is 9.99. The van der Waals surface area contributed by atoms with Gasteiger partial charge in [-0.05, 0) is 18.1 Å². The van der Waals surface area contributed by atoms with Gasteiger partial charge in [-0.1, -0.05) is 36.4 Å². The van der Waals surface area contributed by atoms with E-state index in [0.717, 1.165) is 12.0 Å². The molecule has 2 nitrogen and oxygen atoms in total. The zero-order valence-corrected chi connectivity index (χ0v) is 7.85. The summed E-state index contributed by atoms with van der Waals surface area (Å²) in [5, 5.41) is 0. The Kier molecular flexibility index (Phi) is 2.63. The third-order valence-corrected chi connectivity index (χ3v) is 2.22. The van der Waals surface area contributed by atoms with Gasteiger partial charge in [0.2, 0.25) is 0 Å². The van der Waals surface area contributed by atoms with Gasteiger partial charge in [0.25, 0.3) is 0 Å². The van der Waals surface area contributed by atoms with Gasteiger partial charge in [0.1, 0.15) is 6.10 Å². The van der Waals surface area contributed by atoms with Gasteiger partial charge in [-0.3, -0.25) is 4.79 Å². The summed E-state index contributed by atoms with van der Waals surface area (Å²) in [5.74, 6) is -0.0901. The van der Waals surface area contributed by atoms with Crippen LogP contribution >= 0.6 is 0 Å². The highest BCUT2D eigenvalue weighted by Crippen LogP contribution is 2.15. The third kappa shape index (κ3) is 2.22. The molecule has 1 heterocycles. The van der Waals surface area contributed by atoms with Crippen LogP contribution in [0.2, 0.25) is 0 Å². The average molecular weight is 188 g/mol. The van der Waals surface area contributed by atoms with Crippen molar-refractivity contribution in [3.63, 3.8) is 0 Å². The maximum atomic E-state index is 10.8. The van der Waals surface area contributed by atoms with Crippen LogP contribution in [-0.2, 0) is 9.53 Å². The quantitative estimate of drug-likeness (QED) is 0.666. The SMILES string of the molecule is O=C1CCC(/C=C/c2ccccc2)O1. The first-order valence-electron chi connectivity index (χ1n) is 4.77. The van der Waals surface area contributed by atoms with Crippen molar-refractivity contribution in [1.29, 1.82) is 0 Å². The number of rotatable bonds is 2. The molecule has 2 heteroatoms. The lowest BCUT2D eigenvalue weighted by Gasteiger charge is -2.01. The summed E-state index contributed by atoms with van der Waals surface area (Å²) < 4.78 is 5.06. The minimum absolute atomic E-state index is 0.0253. The molecule has 0 radical (unpaired) electrons.